The van der Waals surface area contributed by atoms with E-state index in [0.29, 0.717) is 0 Å². The van der Waals surface area contributed by atoms with Gasteiger partial charge in [0.2, 0.25) is 0 Å². The van der Waals surface area contributed by atoms with E-state index in [1.165, 1.54) is 16.7 Å². The smallest absolute Gasteiger partial charge is 0.0681 e. The Balaban J connectivity index is 2.49. The Morgan fingerprint density at radius 1 is 1.00 bits per heavy atom. The average Bonchev–Trinajstić information content (AvgIpc) is 2.39. The molecular weight excluding hydrogens is 196 g/mol. The van der Waals surface area contributed by atoms with Gasteiger partial charge in [-0.15, -0.1) is 0 Å². The summed E-state index contributed by atoms with van der Waals surface area (Å²) in [5.41, 5.74) is 4.78. The number of hydrogen-bond donors (Lipinski definition) is 1. The van der Waals surface area contributed by atoms with Crippen LogP contribution in [0.15, 0.2) is 48.5 Å². The van der Waals surface area contributed by atoms with Crippen LogP contribution in [-0.4, -0.2) is 5.11 Å². The van der Waals surface area contributed by atoms with Crippen molar-refractivity contribution >= 4 is 0 Å². The lowest BCUT2D eigenvalue weighted by molar-refractivity contribution is 0.282. The van der Waals surface area contributed by atoms with Crippen molar-refractivity contribution in [1.82, 2.24) is 0 Å². The molecule has 1 nitrogen and oxygen atoms in total. The first-order valence-corrected chi connectivity index (χ1v) is 5.63. The third-order valence-corrected chi connectivity index (χ3v) is 2.82. The summed E-state index contributed by atoms with van der Waals surface area (Å²) < 4.78 is 0. The summed E-state index contributed by atoms with van der Waals surface area (Å²) in [5.74, 6) is 0. The lowest BCUT2D eigenvalue weighted by Gasteiger charge is -2.09. The minimum Gasteiger partial charge on any atom is -0.392 e. The molecule has 0 saturated carbocycles. The Bertz CT molecular complexity index is 460. The maximum Gasteiger partial charge on any atom is 0.0681 e. The van der Waals surface area contributed by atoms with Gasteiger partial charge >= 0.3 is 0 Å². The molecule has 0 spiro atoms. The summed E-state index contributed by atoms with van der Waals surface area (Å²) >= 11 is 0. The fourth-order valence-electron chi connectivity index (χ4n) is 1.94. The van der Waals surface area contributed by atoms with Crippen molar-refractivity contribution < 1.29 is 5.11 Å². The molecule has 16 heavy (non-hydrogen) atoms. The SMILES string of the molecule is CCc1cc(CO)ccc1-c1ccccc1. The summed E-state index contributed by atoms with van der Waals surface area (Å²) in [6, 6.07) is 16.5. The first-order valence-electron chi connectivity index (χ1n) is 5.63. The molecule has 0 atom stereocenters. The van der Waals surface area contributed by atoms with E-state index in [4.69, 9.17) is 5.11 Å². The minimum atomic E-state index is 0.113. The van der Waals surface area contributed by atoms with Crippen LogP contribution < -0.4 is 0 Å². The van der Waals surface area contributed by atoms with Crippen LogP contribution >= 0.6 is 0 Å². The van der Waals surface area contributed by atoms with Gasteiger partial charge in [0.25, 0.3) is 0 Å². The zero-order valence-electron chi connectivity index (χ0n) is 9.48. The van der Waals surface area contributed by atoms with Crippen LogP contribution in [0.25, 0.3) is 11.1 Å². The topological polar surface area (TPSA) is 20.2 Å². The van der Waals surface area contributed by atoms with E-state index < -0.39 is 0 Å². The van der Waals surface area contributed by atoms with E-state index in [0.717, 1.165) is 12.0 Å². The number of aryl methyl sites for hydroxylation is 1. The number of rotatable bonds is 3. The highest BCUT2D eigenvalue weighted by Gasteiger charge is 2.04. The van der Waals surface area contributed by atoms with Gasteiger partial charge in [-0.25, -0.2) is 0 Å². The Labute approximate surface area is 96.4 Å². The molecule has 0 amide bonds. The van der Waals surface area contributed by atoms with Gasteiger partial charge in [-0.3, -0.25) is 0 Å². The van der Waals surface area contributed by atoms with E-state index in [9.17, 15) is 0 Å². The van der Waals surface area contributed by atoms with Crippen molar-refractivity contribution in [2.75, 3.05) is 0 Å². The van der Waals surface area contributed by atoms with Gasteiger partial charge in [0.1, 0.15) is 0 Å². The molecule has 0 aliphatic carbocycles. The second-order valence-electron chi connectivity index (χ2n) is 3.87. The predicted molar refractivity (Wildman–Crippen MR) is 67.2 cm³/mol. The molecule has 0 aromatic heterocycles. The lowest BCUT2D eigenvalue weighted by atomic mass is 9.96. The highest BCUT2D eigenvalue weighted by Crippen LogP contribution is 2.25. The molecule has 1 heteroatoms. The zero-order valence-corrected chi connectivity index (χ0v) is 9.48. The van der Waals surface area contributed by atoms with Gasteiger partial charge in [-0.1, -0.05) is 55.5 Å². The molecule has 2 aromatic carbocycles. The van der Waals surface area contributed by atoms with Crippen LogP contribution in [0, 0.1) is 0 Å². The number of hydrogen-bond acceptors (Lipinski definition) is 1. The van der Waals surface area contributed by atoms with E-state index in [1.807, 2.05) is 12.1 Å². The molecule has 1 N–H and O–H groups in total. The zero-order chi connectivity index (χ0) is 11.4. The number of benzene rings is 2. The highest BCUT2D eigenvalue weighted by atomic mass is 16.3. The second-order valence-corrected chi connectivity index (χ2v) is 3.87. The molecule has 0 fully saturated rings. The molecule has 2 aromatic rings. The first kappa shape index (κ1) is 10.9. The van der Waals surface area contributed by atoms with Gasteiger partial charge in [-0.05, 0) is 28.7 Å². The molecular formula is C15H16O. The Kier molecular flexibility index (Phi) is 3.37. The van der Waals surface area contributed by atoms with Crippen molar-refractivity contribution in [3.05, 3.63) is 59.7 Å². The Morgan fingerprint density at radius 3 is 2.38 bits per heavy atom. The molecule has 0 saturated heterocycles. The van der Waals surface area contributed by atoms with Crippen LogP contribution in [0.5, 0.6) is 0 Å². The van der Waals surface area contributed by atoms with Crippen molar-refractivity contribution in [2.45, 2.75) is 20.0 Å². The fourth-order valence-corrected chi connectivity index (χ4v) is 1.94. The maximum atomic E-state index is 9.12. The van der Waals surface area contributed by atoms with Gasteiger partial charge in [0, 0.05) is 0 Å². The average molecular weight is 212 g/mol. The van der Waals surface area contributed by atoms with E-state index in [2.05, 4.69) is 43.3 Å². The summed E-state index contributed by atoms with van der Waals surface area (Å²) in [5, 5.41) is 9.12. The third-order valence-electron chi connectivity index (χ3n) is 2.82. The van der Waals surface area contributed by atoms with Crippen LogP contribution in [0.3, 0.4) is 0 Å². The van der Waals surface area contributed by atoms with Gasteiger partial charge in [-0.2, -0.15) is 0 Å². The van der Waals surface area contributed by atoms with Crippen molar-refractivity contribution in [3.8, 4) is 11.1 Å². The van der Waals surface area contributed by atoms with Crippen molar-refractivity contribution in [2.24, 2.45) is 0 Å². The summed E-state index contributed by atoms with van der Waals surface area (Å²) in [6.07, 6.45) is 0.984. The van der Waals surface area contributed by atoms with Crippen LogP contribution in [0.1, 0.15) is 18.1 Å². The highest BCUT2D eigenvalue weighted by molar-refractivity contribution is 5.67. The molecule has 2 rings (SSSR count). The molecule has 0 bridgehead atoms. The van der Waals surface area contributed by atoms with Gasteiger partial charge < -0.3 is 5.11 Å². The molecule has 82 valence electrons. The van der Waals surface area contributed by atoms with Crippen LogP contribution in [-0.2, 0) is 13.0 Å². The van der Waals surface area contributed by atoms with Gasteiger partial charge in [0.15, 0.2) is 0 Å². The van der Waals surface area contributed by atoms with Crippen molar-refractivity contribution in [3.63, 3.8) is 0 Å². The minimum absolute atomic E-state index is 0.113. The molecule has 0 aliphatic rings. The monoisotopic (exact) mass is 212 g/mol. The summed E-state index contributed by atoms with van der Waals surface area (Å²) in [4.78, 5) is 0. The molecule has 0 unspecified atom stereocenters. The fraction of sp³-hybridized carbons (Fsp3) is 0.200. The van der Waals surface area contributed by atoms with Crippen molar-refractivity contribution in [1.29, 1.82) is 0 Å². The molecule has 0 radical (unpaired) electrons. The summed E-state index contributed by atoms with van der Waals surface area (Å²) in [6.45, 7) is 2.25. The molecule has 0 heterocycles. The molecule has 0 aliphatic heterocycles. The third kappa shape index (κ3) is 2.15. The van der Waals surface area contributed by atoms with Crippen LogP contribution in [0.4, 0.5) is 0 Å². The summed E-state index contributed by atoms with van der Waals surface area (Å²) in [7, 11) is 0. The van der Waals surface area contributed by atoms with E-state index in [-0.39, 0.29) is 6.61 Å². The quantitative estimate of drug-likeness (QED) is 0.826. The van der Waals surface area contributed by atoms with E-state index in [1.54, 1.807) is 0 Å². The first-order chi connectivity index (χ1) is 7.85. The maximum absolute atomic E-state index is 9.12. The Morgan fingerprint density at radius 2 is 1.75 bits per heavy atom. The van der Waals surface area contributed by atoms with Gasteiger partial charge in [0.05, 0.1) is 6.61 Å². The predicted octanol–water partition coefficient (Wildman–Crippen LogP) is 3.41. The normalized spacial score (nSPS) is 10.4. The standard InChI is InChI=1S/C15H16O/c1-2-13-10-12(11-16)8-9-15(13)14-6-4-3-5-7-14/h3-10,16H,2,11H2,1H3. The second kappa shape index (κ2) is 4.95. The van der Waals surface area contributed by atoms with Crippen LogP contribution in [0.2, 0.25) is 0 Å². The largest absolute Gasteiger partial charge is 0.392 e. The number of aliphatic hydroxyl groups excluding tert-OH is 1. The van der Waals surface area contributed by atoms with E-state index >= 15 is 0 Å². The Hall–Kier alpha value is -1.60. The number of aliphatic hydroxyl groups is 1. The lowest BCUT2D eigenvalue weighted by Crippen LogP contribution is -1.91.